The molecule has 0 aromatic heterocycles. The van der Waals surface area contributed by atoms with Crippen molar-refractivity contribution in [3.8, 4) is 0 Å². The third-order valence-corrected chi connectivity index (χ3v) is 1.69. The molecule has 0 atom stereocenters. The summed E-state index contributed by atoms with van der Waals surface area (Å²) < 4.78 is 0. The van der Waals surface area contributed by atoms with Crippen LogP contribution in [-0.4, -0.2) is 43.5 Å². The molecule has 13 heavy (non-hydrogen) atoms. The molecular formula is C5H8O7P+. The topological polar surface area (TPSA) is 132 Å². The van der Waals surface area contributed by atoms with E-state index in [1.807, 2.05) is 0 Å². The van der Waals surface area contributed by atoms with Crippen molar-refractivity contribution < 1.29 is 34.2 Å². The molecule has 0 aliphatic heterocycles. The molecule has 0 radical (unpaired) electrons. The van der Waals surface area contributed by atoms with Crippen LogP contribution in [0.1, 0.15) is 6.42 Å². The van der Waals surface area contributed by atoms with E-state index in [0.29, 0.717) is 0 Å². The van der Waals surface area contributed by atoms with Gasteiger partial charge in [0, 0.05) is 0 Å². The van der Waals surface area contributed by atoms with Gasteiger partial charge in [0.2, 0.25) is 17.7 Å². The largest absolute Gasteiger partial charge is 0.481 e. The Morgan fingerprint density at radius 3 is 1.77 bits per heavy atom. The van der Waals surface area contributed by atoms with Crippen molar-refractivity contribution in [2.75, 3.05) is 6.16 Å². The second kappa shape index (κ2) is 4.38. The lowest BCUT2D eigenvalue weighted by Gasteiger charge is -2.00. The highest BCUT2D eigenvalue weighted by molar-refractivity contribution is 7.59. The molecule has 0 aromatic rings. The Morgan fingerprint density at radius 1 is 1.00 bits per heavy atom. The van der Waals surface area contributed by atoms with E-state index in [9.17, 15) is 14.4 Å². The monoisotopic (exact) mass is 211 g/mol. The SMILES string of the molecule is O=C(O)CC(=O)C(=O)C[P+](O)(O)O. The fourth-order valence-electron chi connectivity index (χ4n) is 0.517. The van der Waals surface area contributed by atoms with Gasteiger partial charge in [-0.05, 0) is 0 Å². The van der Waals surface area contributed by atoms with Gasteiger partial charge < -0.3 is 5.11 Å². The van der Waals surface area contributed by atoms with E-state index in [0.717, 1.165) is 0 Å². The van der Waals surface area contributed by atoms with Crippen molar-refractivity contribution in [2.24, 2.45) is 0 Å². The van der Waals surface area contributed by atoms with Gasteiger partial charge in [-0.3, -0.25) is 14.4 Å². The highest BCUT2D eigenvalue weighted by atomic mass is 31.2. The second-order valence-electron chi connectivity index (χ2n) is 2.27. The Hall–Kier alpha value is -0.880. The first-order valence-corrected chi connectivity index (χ1v) is 4.90. The fourth-order valence-corrected chi connectivity index (χ4v) is 1.08. The maximum Gasteiger partial charge on any atom is 0.411 e. The molecule has 0 heterocycles. The summed E-state index contributed by atoms with van der Waals surface area (Å²) in [4.78, 5) is 56.3. The minimum absolute atomic E-state index is 1.02. The molecule has 4 N–H and O–H groups in total. The van der Waals surface area contributed by atoms with Crippen molar-refractivity contribution in [1.29, 1.82) is 0 Å². The molecule has 0 fully saturated rings. The standard InChI is InChI=1S/C5H7O7P/c6-3(1-5(8)9)4(7)2-13(10,11)12/h10-12H,1-2H2/p+1. The Morgan fingerprint density at radius 2 is 1.46 bits per heavy atom. The summed E-state index contributed by atoms with van der Waals surface area (Å²) in [5.41, 5.74) is 0. The van der Waals surface area contributed by atoms with E-state index in [4.69, 9.17) is 19.8 Å². The Labute approximate surface area is 73.2 Å². The molecule has 7 nitrogen and oxygen atoms in total. The lowest BCUT2D eigenvalue weighted by Crippen LogP contribution is -2.22. The number of carbonyl (C=O) groups excluding carboxylic acids is 2. The molecule has 0 rings (SSSR count). The fraction of sp³-hybridized carbons (Fsp3) is 0.400. The summed E-state index contributed by atoms with van der Waals surface area (Å²) in [6.45, 7) is 0. The average molecular weight is 211 g/mol. The number of rotatable bonds is 5. The molecule has 0 aromatic carbocycles. The average Bonchev–Trinajstić information content (AvgIpc) is 1.81. The quantitative estimate of drug-likeness (QED) is 0.243. The molecule has 0 saturated heterocycles. The predicted molar refractivity (Wildman–Crippen MR) is 40.7 cm³/mol. The van der Waals surface area contributed by atoms with Crippen LogP contribution in [0, 0.1) is 0 Å². The minimum Gasteiger partial charge on any atom is -0.481 e. The first-order valence-electron chi connectivity index (χ1n) is 3.06. The van der Waals surface area contributed by atoms with Crippen LogP contribution >= 0.6 is 7.94 Å². The first-order chi connectivity index (χ1) is 5.72. The molecule has 0 aliphatic rings. The van der Waals surface area contributed by atoms with Crippen LogP contribution in [0.15, 0.2) is 0 Å². The van der Waals surface area contributed by atoms with Crippen molar-refractivity contribution in [3.05, 3.63) is 0 Å². The zero-order valence-corrected chi connectivity index (χ0v) is 7.27. The molecule has 0 spiro atoms. The van der Waals surface area contributed by atoms with Gasteiger partial charge in [-0.1, -0.05) is 0 Å². The van der Waals surface area contributed by atoms with Crippen LogP contribution in [0.2, 0.25) is 0 Å². The molecule has 8 heteroatoms. The van der Waals surface area contributed by atoms with Crippen molar-refractivity contribution in [1.82, 2.24) is 0 Å². The van der Waals surface area contributed by atoms with Gasteiger partial charge in [-0.15, -0.1) is 0 Å². The van der Waals surface area contributed by atoms with Crippen LogP contribution in [-0.2, 0) is 14.4 Å². The van der Waals surface area contributed by atoms with Crippen LogP contribution in [0.3, 0.4) is 0 Å². The second-order valence-corrected chi connectivity index (χ2v) is 3.97. The summed E-state index contributed by atoms with van der Waals surface area (Å²) >= 11 is 0. The lowest BCUT2D eigenvalue weighted by atomic mass is 10.2. The number of ketones is 2. The van der Waals surface area contributed by atoms with E-state index < -0.39 is 38.1 Å². The molecule has 0 bridgehead atoms. The summed E-state index contributed by atoms with van der Waals surface area (Å²) in [6.07, 6.45) is -2.14. The van der Waals surface area contributed by atoms with Crippen LogP contribution in [0.4, 0.5) is 0 Å². The Balaban J connectivity index is 4.13. The number of Topliss-reactive ketones (excluding diaryl/α,β-unsaturated/α-hetero) is 2. The van der Waals surface area contributed by atoms with Crippen molar-refractivity contribution in [2.45, 2.75) is 6.42 Å². The summed E-state index contributed by atoms with van der Waals surface area (Å²) in [5.74, 6) is -4.06. The number of carbonyl (C=O) groups is 3. The van der Waals surface area contributed by atoms with E-state index in [1.54, 1.807) is 0 Å². The smallest absolute Gasteiger partial charge is 0.411 e. The number of hydrogen-bond acceptors (Lipinski definition) is 6. The molecule has 0 unspecified atom stereocenters. The van der Waals surface area contributed by atoms with Crippen molar-refractivity contribution in [3.63, 3.8) is 0 Å². The Bertz CT molecular complexity index is 240. The zero-order chi connectivity index (χ0) is 10.6. The van der Waals surface area contributed by atoms with E-state index in [-0.39, 0.29) is 0 Å². The predicted octanol–water partition coefficient (Wildman–Crippen LogP) is -1.66. The van der Waals surface area contributed by atoms with Gasteiger partial charge in [0.25, 0.3) is 0 Å². The third-order valence-electron chi connectivity index (χ3n) is 0.979. The third kappa shape index (κ3) is 6.30. The van der Waals surface area contributed by atoms with E-state index >= 15 is 0 Å². The maximum atomic E-state index is 10.6. The number of carboxylic acids is 1. The Kier molecular flexibility index (Phi) is 4.09. The minimum atomic E-state index is -4.33. The van der Waals surface area contributed by atoms with Gasteiger partial charge in [0.1, 0.15) is 6.42 Å². The number of aliphatic carboxylic acids is 1. The molecule has 74 valence electrons. The summed E-state index contributed by atoms with van der Waals surface area (Å²) in [7, 11) is -4.33. The highest BCUT2D eigenvalue weighted by Crippen LogP contribution is 2.43. The maximum absolute atomic E-state index is 10.6. The van der Waals surface area contributed by atoms with Crippen LogP contribution < -0.4 is 0 Å². The van der Waals surface area contributed by atoms with Crippen LogP contribution in [0.5, 0.6) is 0 Å². The molecule has 0 amide bonds. The first kappa shape index (κ1) is 12.1. The van der Waals surface area contributed by atoms with Gasteiger partial charge in [0.05, 0.1) is 0 Å². The van der Waals surface area contributed by atoms with Crippen LogP contribution in [0.25, 0.3) is 0 Å². The van der Waals surface area contributed by atoms with Gasteiger partial charge >= 0.3 is 13.9 Å². The summed E-state index contributed by atoms with van der Waals surface area (Å²) in [5, 5.41) is 8.08. The zero-order valence-electron chi connectivity index (χ0n) is 6.38. The number of hydrogen-bond donors (Lipinski definition) is 4. The van der Waals surface area contributed by atoms with Gasteiger partial charge in [-0.25, -0.2) is 0 Å². The van der Waals surface area contributed by atoms with E-state index in [2.05, 4.69) is 0 Å². The van der Waals surface area contributed by atoms with Gasteiger partial charge in [-0.2, -0.15) is 14.7 Å². The highest BCUT2D eigenvalue weighted by Gasteiger charge is 2.36. The molecule has 0 saturated carbocycles. The normalized spacial score (nSPS) is 11.0. The van der Waals surface area contributed by atoms with E-state index in [1.165, 1.54) is 0 Å². The van der Waals surface area contributed by atoms with Gasteiger partial charge in [0.15, 0.2) is 0 Å². The summed E-state index contributed by atoms with van der Waals surface area (Å²) in [6, 6.07) is 0. The van der Waals surface area contributed by atoms with Crippen molar-refractivity contribution >= 4 is 25.5 Å². The molecule has 0 aliphatic carbocycles. The molecular weight excluding hydrogens is 203 g/mol. The number of carboxylic acid groups (broad SMARTS) is 1. The lowest BCUT2D eigenvalue weighted by molar-refractivity contribution is -0.144.